The molecule has 1 rings (SSSR count). The molecular formula is C14H12FNO4Y-2. The van der Waals surface area contributed by atoms with Gasteiger partial charge in [-0.05, 0) is 30.0 Å². The molecule has 1 aromatic rings. The van der Waals surface area contributed by atoms with Gasteiger partial charge in [-0.1, -0.05) is 0 Å². The summed E-state index contributed by atoms with van der Waals surface area (Å²) in [5.74, 6) is -3.02. The number of halogens is 1. The summed E-state index contributed by atoms with van der Waals surface area (Å²) < 4.78 is 12.7. The van der Waals surface area contributed by atoms with Crippen molar-refractivity contribution in [3.05, 3.63) is 54.1 Å². The van der Waals surface area contributed by atoms with Crippen LogP contribution in [0, 0.1) is 18.5 Å². The zero-order valence-corrected chi connectivity index (χ0v) is 14.3. The number of nitrogens with zero attached hydrogens (tertiary/aromatic N) is 1. The number of hydrogen-bond acceptors (Lipinski definition) is 4. The molecule has 1 radical (unpaired) electrons. The Morgan fingerprint density at radius 1 is 1.33 bits per heavy atom. The molecule has 0 aliphatic rings. The molecule has 0 aliphatic carbocycles. The van der Waals surface area contributed by atoms with E-state index in [1.165, 1.54) is 26.1 Å². The van der Waals surface area contributed by atoms with Crippen LogP contribution in [0.25, 0.3) is 0 Å². The van der Waals surface area contributed by atoms with Crippen LogP contribution >= 0.6 is 0 Å². The summed E-state index contributed by atoms with van der Waals surface area (Å²) in [6.45, 7) is 6.63. The number of aliphatic hydroxyl groups excluding tert-OH is 1. The first-order chi connectivity index (χ1) is 9.36. The number of Topliss-reactive ketones (excluding diaryl/α,β-unsaturated/α-hetero) is 1. The molecule has 0 saturated heterocycles. The van der Waals surface area contributed by atoms with Crippen LogP contribution in [0.1, 0.15) is 6.92 Å². The van der Waals surface area contributed by atoms with Gasteiger partial charge in [0.25, 0.3) is 0 Å². The van der Waals surface area contributed by atoms with E-state index >= 15 is 0 Å². The SMILES string of the molecule is [CH-]=C(C(=O)C(O)=[C-]C)C(=O)N(C)Oc1ccc(F)cc1.[Y]. The molecule has 0 fully saturated rings. The summed E-state index contributed by atoms with van der Waals surface area (Å²) in [5.41, 5.74) is -0.721. The van der Waals surface area contributed by atoms with Gasteiger partial charge >= 0.3 is 0 Å². The zero-order chi connectivity index (χ0) is 15.3. The van der Waals surface area contributed by atoms with E-state index in [0.717, 1.165) is 12.1 Å². The van der Waals surface area contributed by atoms with Gasteiger partial charge in [0.15, 0.2) is 11.7 Å². The number of rotatable bonds is 5. The van der Waals surface area contributed by atoms with Gasteiger partial charge in [0.05, 0.1) is 0 Å². The Morgan fingerprint density at radius 3 is 2.33 bits per heavy atom. The number of amides is 1. The maximum Gasteiger partial charge on any atom is 0.168 e. The molecule has 0 unspecified atom stereocenters. The molecule has 5 nitrogen and oxygen atoms in total. The first-order valence-electron chi connectivity index (χ1n) is 5.49. The second-order valence-electron chi connectivity index (χ2n) is 3.69. The minimum absolute atomic E-state index is 0. The fourth-order valence-electron chi connectivity index (χ4n) is 1.20. The van der Waals surface area contributed by atoms with Crippen molar-refractivity contribution in [1.29, 1.82) is 0 Å². The van der Waals surface area contributed by atoms with Crippen LogP contribution in [0.2, 0.25) is 0 Å². The van der Waals surface area contributed by atoms with Crippen molar-refractivity contribution in [1.82, 2.24) is 5.06 Å². The quantitative estimate of drug-likeness (QED) is 0.215. The summed E-state index contributed by atoms with van der Waals surface area (Å²) in [7, 11) is 1.22. The number of benzene rings is 1. The third-order valence-electron chi connectivity index (χ3n) is 2.27. The molecule has 0 heterocycles. The third-order valence-corrected chi connectivity index (χ3v) is 2.27. The Labute approximate surface area is 146 Å². The minimum atomic E-state index is -1.05. The molecule has 0 spiro atoms. The van der Waals surface area contributed by atoms with Gasteiger partial charge in [0.1, 0.15) is 5.82 Å². The van der Waals surface area contributed by atoms with Crippen molar-refractivity contribution in [2.45, 2.75) is 6.92 Å². The molecule has 0 bridgehead atoms. The Hall–Kier alpha value is -1.53. The van der Waals surface area contributed by atoms with E-state index in [4.69, 9.17) is 16.5 Å². The number of carbonyl (C=O) groups excluding carboxylic acids is 2. The summed E-state index contributed by atoms with van der Waals surface area (Å²) in [6, 6.07) is 4.89. The Bertz CT molecular complexity index is 569. The van der Waals surface area contributed by atoms with Crippen LogP contribution < -0.4 is 4.84 Å². The van der Waals surface area contributed by atoms with Crippen molar-refractivity contribution in [3.8, 4) is 5.75 Å². The molecule has 1 aromatic carbocycles. The van der Waals surface area contributed by atoms with Crippen molar-refractivity contribution in [2.75, 3.05) is 7.05 Å². The Kier molecular flexibility index (Phi) is 8.06. The van der Waals surface area contributed by atoms with Crippen LogP contribution in [0.5, 0.6) is 5.75 Å². The number of hydroxylamine groups is 2. The molecule has 0 saturated carbocycles. The van der Waals surface area contributed by atoms with Crippen LogP contribution in [0.15, 0.2) is 35.6 Å². The molecule has 0 aliphatic heterocycles. The van der Waals surface area contributed by atoms with E-state index in [1.54, 1.807) is 0 Å². The molecule has 0 aromatic heterocycles. The largest absolute Gasteiger partial charge is 0.543 e. The minimum Gasteiger partial charge on any atom is -0.543 e. The Balaban J connectivity index is 0.00000400. The Morgan fingerprint density at radius 2 is 1.86 bits per heavy atom. The zero-order valence-electron chi connectivity index (χ0n) is 11.5. The van der Waals surface area contributed by atoms with Gasteiger partial charge in [0, 0.05) is 45.5 Å². The fraction of sp³-hybridized carbons (Fsp3) is 0.143. The smallest absolute Gasteiger partial charge is 0.168 e. The van der Waals surface area contributed by atoms with E-state index < -0.39 is 28.8 Å². The normalized spacial score (nSPS) is 10.3. The van der Waals surface area contributed by atoms with E-state index in [2.05, 4.69) is 6.08 Å². The summed E-state index contributed by atoms with van der Waals surface area (Å²) in [5, 5.41) is 9.85. The van der Waals surface area contributed by atoms with E-state index in [9.17, 15) is 14.0 Å². The second-order valence-corrected chi connectivity index (χ2v) is 3.69. The first-order valence-corrected chi connectivity index (χ1v) is 5.49. The van der Waals surface area contributed by atoms with Crippen LogP contribution in [0.3, 0.4) is 0 Å². The number of likely N-dealkylation sites (N-methyl/N-ethyl adjacent to an activating group) is 1. The average molecular weight is 366 g/mol. The predicted molar refractivity (Wildman–Crippen MR) is 67.7 cm³/mol. The van der Waals surface area contributed by atoms with Crippen LogP contribution in [-0.4, -0.2) is 28.9 Å². The number of allylic oxidation sites excluding steroid dienone is 2. The fourth-order valence-corrected chi connectivity index (χ4v) is 1.20. The molecule has 7 heteroatoms. The molecule has 1 N–H and O–H groups in total. The number of aliphatic hydroxyl groups is 1. The maximum absolute atomic E-state index is 12.7. The van der Waals surface area contributed by atoms with Crippen molar-refractivity contribution in [3.63, 3.8) is 0 Å². The molecule has 1 amide bonds. The first kappa shape index (κ1) is 19.5. The van der Waals surface area contributed by atoms with Crippen LogP contribution in [0.4, 0.5) is 4.39 Å². The number of ketones is 1. The van der Waals surface area contributed by atoms with Crippen molar-refractivity contribution < 1.29 is 56.6 Å². The number of hydrogen-bond donors (Lipinski definition) is 1. The average Bonchev–Trinajstić information content (AvgIpc) is 2.46. The van der Waals surface area contributed by atoms with E-state index in [1.807, 2.05) is 0 Å². The third kappa shape index (κ3) is 5.40. The van der Waals surface area contributed by atoms with Crippen LogP contribution in [-0.2, 0) is 42.3 Å². The van der Waals surface area contributed by atoms with Crippen molar-refractivity contribution in [2.24, 2.45) is 0 Å². The van der Waals surface area contributed by atoms with Gasteiger partial charge < -0.3 is 19.5 Å². The van der Waals surface area contributed by atoms with E-state index in [0.29, 0.717) is 5.06 Å². The summed E-state index contributed by atoms with van der Waals surface area (Å²) in [6.07, 6.45) is 2.16. The molecule has 21 heavy (non-hydrogen) atoms. The summed E-state index contributed by atoms with van der Waals surface area (Å²) >= 11 is 0. The molecule has 109 valence electrons. The standard InChI is InChI=1S/C14H12FNO4.Y/c1-4-12(17)13(18)9(2)14(19)16(3)20-11-7-5-10(15)6-8-11;/h2,5-8,17H,1,3H3;/q-2;. The van der Waals surface area contributed by atoms with E-state index in [-0.39, 0.29) is 38.5 Å². The van der Waals surface area contributed by atoms with Gasteiger partial charge in [-0.25, -0.2) is 22.1 Å². The maximum atomic E-state index is 12.7. The van der Waals surface area contributed by atoms with Crippen molar-refractivity contribution >= 4 is 11.7 Å². The van der Waals surface area contributed by atoms with Gasteiger partial charge in [-0.2, -0.15) is 0 Å². The monoisotopic (exact) mass is 366 g/mol. The topological polar surface area (TPSA) is 66.8 Å². The molecular weight excluding hydrogens is 354 g/mol. The van der Waals surface area contributed by atoms with Gasteiger partial charge in [0.2, 0.25) is 0 Å². The molecule has 0 atom stereocenters. The second kappa shape index (κ2) is 8.69. The van der Waals surface area contributed by atoms with Gasteiger partial charge in [-0.15, -0.1) is 12.5 Å². The number of carbonyl (C=O) groups is 2. The van der Waals surface area contributed by atoms with Gasteiger partial charge in [-0.3, -0.25) is 0 Å². The summed E-state index contributed by atoms with van der Waals surface area (Å²) in [4.78, 5) is 28.3. The predicted octanol–water partition coefficient (Wildman–Crippen LogP) is 1.77.